The highest BCUT2D eigenvalue weighted by Crippen LogP contribution is 2.36. The summed E-state index contributed by atoms with van der Waals surface area (Å²) in [7, 11) is 0. The van der Waals surface area contributed by atoms with E-state index in [0.717, 1.165) is 38.4 Å². The first-order chi connectivity index (χ1) is 14.2. The van der Waals surface area contributed by atoms with Crippen molar-refractivity contribution in [3.8, 4) is 6.57 Å². The summed E-state index contributed by atoms with van der Waals surface area (Å²) in [5.74, 6) is -1.55. The molecule has 1 aliphatic heterocycles. The van der Waals surface area contributed by atoms with Crippen LogP contribution in [0, 0.1) is 17.9 Å². The number of nitrogens with one attached hydrogen (secondary N) is 1. The summed E-state index contributed by atoms with van der Waals surface area (Å²) in [6.45, 7) is 12.4. The molecule has 1 aromatic heterocycles. The number of rotatable bonds is 6. The maximum absolute atomic E-state index is 13.2. The molecule has 3 atom stereocenters. The SMILES string of the molecule is C#[N+][C@H]1C[C@H](N2CC(C)(C)C2)CC[C@@H]1N/C=C(/C(N)=O)C(N)=Nc1ccnc(F)c1. The number of amidine groups is 1. The number of pyridine rings is 1. The van der Waals surface area contributed by atoms with Crippen LogP contribution in [0.15, 0.2) is 35.1 Å². The zero-order valence-corrected chi connectivity index (χ0v) is 17.4. The molecule has 2 aliphatic rings. The molecule has 3 rings (SSSR count). The van der Waals surface area contributed by atoms with Crippen molar-refractivity contribution in [2.24, 2.45) is 21.9 Å². The van der Waals surface area contributed by atoms with E-state index >= 15 is 0 Å². The average Bonchev–Trinajstić information content (AvgIpc) is 2.66. The summed E-state index contributed by atoms with van der Waals surface area (Å²) in [5, 5.41) is 3.19. The second kappa shape index (κ2) is 8.79. The van der Waals surface area contributed by atoms with Crippen LogP contribution in [0.4, 0.5) is 10.1 Å². The molecule has 1 aliphatic carbocycles. The van der Waals surface area contributed by atoms with Gasteiger partial charge >= 0.3 is 0 Å². The first-order valence-electron chi connectivity index (χ1n) is 10.0. The summed E-state index contributed by atoms with van der Waals surface area (Å²) in [4.78, 5) is 25.9. The minimum absolute atomic E-state index is 0.00890. The Morgan fingerprint density at radius 1 is 1.43 bits per heavy atom. The Morgan fingerprint density at radius 2 is 2.17 bits per heavy atom. The van der Waals surface area contributed by atoms with Gasteiger partial charge in [0.2, 0.25) is 5.95 Å². The molecule has 1 aromatic rings. The third-order valence-electron chi connectivity index (χ3n) is 5.70. The van der Waals surface area contributed by atoms with Crippen LogP contribution in [-0.2, 0) is 4.79 Å². The lowest BCUT2D eigenvalue weighted by atomic mass is 9.78. The van der Waals surface area contributed by atoms with Crippen molar-refractivity contribution in [1.82, 2.24) is 15.2 Å². The Balaban J connectivity index is 1.67. The fourth-order valence-corrected chi connectivity index (χ4v) is 4.25. The molecular formula is C21H29FN7O+. The Kier molecular flexibility index (Phi) is 6.37. The minimum atomic E-state index is -0.740. The number of amides is 1. The lowest BCUT2D eigenvalue weighted by Crippen LogP contribution is -2.59. The van der Waals surface area contributed by atoms with Gasteiger partial charge < -0.3 is 16.8 Å². The quantitative estimate of drug-likeness (QED) is 0.284. The van der Waals surface area contributed by atoms with Gasteiger partial charge in [0.15, 0.2) is 0 Å². The van der Waals surface area contributed by atoms with Crippen LogP contribution in [0.3, 0.4) is 0 Å². The summed E-state index contributed by atoms with van der Waals surface area (Å²) >= 11 is 0. The maximum atomic E-state index is 13.2. The van der Waals surface area contributed by atoms with Gasteiger partial charge in [0.25, 0.3) is 18.5 Å². The Hall–Kier alpha value is -2.99. The van der Waals surface area contributed by atoms with Gasteiger partial charge in [-0.25, -0.2) is 9.98 Å². The molecule has 1 amide bonds. The van der Waals surface area contributed by atoms with Gasteiger partial charge in [-0.15, -0.1) is 0 Å². The van der Waals surface area contributed by atoms with Crippen molar-refractivity contribution in [2.75, 3.05) is 13.1 Å². The lowest BCUT2D eigenvalue weighted by Gasteiger charge is -2.51. The monoisotopic (exact) mass is 414 g/mol. The van der Waals surface area contributed by atoms with Gasteiger partial charge in [0, 0.05) is 44.0 Å². The van der Waals surface area contributed by atoms with E-state index in [0.29, 0.717) is 11.5 Å². The summed E-state index contributed by atoms with van der Waals surface area (Å²) in [5.41, 5.74) is 12.0. The molecule has 8 nitrogen and oxygen atoms in total. The smallest absolute Gasteiger partial charge is 0.293 e. The standard InChI is InChI=1S/C21H28FN7O/c1-21(2)11-29(12-21)14-4-5-16(17(9-14)25-3)27-10-15(20(24)30)19(23)28-13-6-7-26-18(22)8-13/h3,6-8,10,14,16-17H,4-5,9,11-12H2,1-2H3,(H4-,23,24,26,27,28,30)/p+1/t14-,16+,17+/m1/s1. The van der Waals surface area contributed by atoms with Crippen molar-refractivity contribution in [1.29, 1.82) is 0 Å². The van der Waals surface area contributed by atoms with Gasteiger partial charge in [0.1, 0.15) is 11.9 Å². The van der Waals surface area contributed by atoms with E-state index in [2.05, 4.69) is 38.9 Å². The molecular weight excluding hydrogens is 385 g/mol. The summed E-state index contributed by atoms with van der Waals surface area (Å²) in [6.07, 6.45) is 5.43. The third-order valence-corrected chi connectivity index (χ3v) is 5.70. The number of aliphatic imine (C=N–C) groups is 1. The topological polar surface area (TPSA) is 114 Å². The molecule has 9 heteroatoms. The highest BCUT2D eigenvalue weighted by atomic mass is 19.1. The van der Waals surface area contributed by atoms with Crippen molar-refractivity contribution in [2.45, 2.75) is 51.2 Å². The molecule has 160 valence electrons. The van der Waals surface area contributed by atoms with Gasteiger partial charge in [-0.05, 0) is 24.3 Å². The van der Waals surface area contributed by atoms with E-state index < -0.39 is 11.9 Å². The number of hydrogen-bond acceptors (Lipinski definition) is 5. The highest BCUT2D eigenvalue weighted by Gasteiger charge is 2.44. The van der Waals surface area contributed by atoms with Crippen molar-refractivity contribution in [3.63, 3.8) is 0 Å². The van der Waals surface area contributed by atoms with Crippen LogP contribution in [0.5, 0.6) is 0 Å². The average molecular weight is 415 g/mol. The van der Waals surface area contributed by atoms with Crippen LogP contribution in [-0.4, -0.2) is 52.8 Å². The molecule has 0 bridgehead atoms. The number of nitrogens with two attached hydrogens (primary N) is 2. The minimum Gasteiger partial charge on any atom is -0.383 e. The van der Waals surface area contributed by atoms with Crippen LogP contribution in [0.2, 0.25) is 0 Å². The number of primary amides is 1. The number of nitrogens with zero attached hydrogens (tertiary/aromatic N) is 4. The van der Waals surface area contributed by atoms with Gasteiger partial charge in [-0.1, -0.05) is 18.7 Å². The van der Waals surface area contributed by atoms with Gasteiger partial charge in [-0.2, -0.15) is 4.39 Å². The molecule has 30 heavy (non-hydrogen) atoms. The van der Waals surface area contributed by atoms with E-state index in [-0.39, 0.29) is 29.2 Å². The molecule has 0 spiro atoms. The fraction of sp³-hybridized carbons (Fsp3) is 0.524. The number of halogens is 1. The Labute approximate surface area is 176 Å². The predicted octanol–water partition coefficient (Wildman–Crippen LogP) is 1.76. The predicted molar refractivity (Wildman–Crippen MR) is 115 cm³/mol. The second-order valence-corrected chi connectivity index (χ2v) is 8.78. The molecule has 0 unspecified atom stereocenters. The number of carbonyl (C=O) groups excluding carboxylic acids is 1. The highest BCUT2D eigenvalue weighted by molar-refractivity contribution is 6.20. The van der Waals surface area contributed by atoms with E-state index in [4.69, 9.17) is 18.0 Å². The van der Waals surface area contributed by atoms with Crippen LogP contribution in [0.25, 0.3) is 4.85 Å². The Morgan fingerprint density at radius 3 is 2.77 bits per heavy atom. The molecule has 2 fully saturated rings. The molecule has 0 radical (unpaired) electrons. The largest absolute Gasteiger partial charge is 0.383 e. The number of carbonyl (C=O) groups is 1. The molecule has 1 saturated heterocycles. The van der Waals surface area contributed by atoms with Gasteiger partial charge in [-0.3, -0.25) is 9.69 Å². The maximum Gasteiger partial charge on any atom is 0.293 e. The molecule has 1 saturated carbocycles. The van der Waals surface area contributed by atoms with E-state index in [1.54, 1.807) is 0 Å². The zero-order valence-electron chi connectivity index (χ0n) is 17.4. The summed E-state index contributed by atoms with van der Waals surface area (Å²) in [6, 6.07) is 2.91. The van der Waals surface area contributed by atoms with E-state index in [1.165, 1.54) is 18.5 Å². The number of likely N-dealkylation sites (tertiary alicyclic amines) is 1. The number of aromatic nitrogens is 1. The van der Waals surface area contributed by atoms with Crippen LogP contribution in [0.1, 0.15) is 33.1 Å². The van der Waals surface area contributed by atoms with Gasteiger partial charge in [0.05, 0.1) is 11.3 Å². The molecule has 0 aromatic carbocycles. The first kappa shape index (κ1) is 21.7. The van der Waals surface area contributed by atoms with Crippen molar-refractivity contribution >= 4 is 17.4 Å². The molecule has 5 N–H and O–H groups in total. The van der Waals surface area contributed by atoms with Crippen molar-refractivity contribution in [3.05, 3.63) is 40.9 Å². The lowest BCUT2D eigenvalue weighted by molar-refractivity contribution is -0.114. The first-order valence-corrected chi connectivity index (χ1v) is 10.0. The van der Waals surface area contributed by atoms with Crippen molar-refractivity contribution < 1.29 is 9.18 Å². The molecule has 2 heterocycles. The third kappa shape index (κ3) is 5.13. The van der Waals surface area contributed by atoms with Crippen LogP contribution < -0.4 is 16.8 Å². The fourth-order valence-electron chi connectivity index (χ4n) is 4.25. The second-order valence-electron chi connectivity index (χ2n) is 8.78. The number of hydrogen-bond donors (Lipinski definition) is 3. The van der Waals surface area contributed by atoms with E-state index in [9.17, 15) is 9.18 Å². The Bertz CT molecular complexity index is 897. The van der Waals surface area contributed by atoms with E-state index in [1.807, 2.05) is 0 Å². The van der Waals surface area contributed by atoms with Crippen LogP contribution >= 0.6 is 0 Å². The zero-order chi connectivity index (χ0) is 21.9. The normalized spacial score (nSPS) is 27.1. The summed E-state index contributed by atoms with van der Waals surface area (Å²) < 4.78 is 13.2.